The Morgan fingerprint density at radius 3 is 1.74 bits per heavy atom. The Labute approximate surface area is 226 Å². The Hall–Kier alpha value is -4.21. The molecule has 4 rings (SSSR count). The zero-order chi connectivity index (χ0) is 28.1. The molecule has 3 aromatic carbocycles. The first-order valence-corrected chi connectivity index (χ1v) is 12.4. The third-order valence-electron chi connectivity index (χ3n) is 7.27. The highest BCUT2D eigenvalue weighted by atomic mass is 16.5. The molecule has 0 aliphatic carbocycles. The fraction of sp³-hybridized carbons (Fsp3) is 0.300. The lowest BCUT2D eigenvalue weighted by atomic mass is 9.84. The molecule has 9 heteroatoms. The third-order valence-corrected chi connectivity index (χ3v) is 7.27. The van der Waals surface area contributed by atoms with E-state index in [1.807, 2.05) is 12.1 Å². The number of hydrogen-bond donors (Lipinski definition) is 2. The van der Waals surface area contributed by atoms with Crippen molar-refractivity contribution in [2.75, 3.05) is 21.3 Å². The van der Waals surface area contributed by atoms with Gasteiger partial charge in [-0.05, 0) is 28.8 Å². The van der Waals surface area contributed by atoms with Crippen LogP contribution in [0, 0.1) is 11.8 Å². The number of rotatable bonds is 9. The zero-order valence-corrected chi connectivity index (χ0v) is 21.8. The van der Waals surface area contributed by atoms with Crippen LogP contribution in [0.25, 0.3) is 0 Å². The van der Waals surface area contributed by atoms with Crippen molar-refractivity contribution in [3.8, 4) is 5.75 Å². The number of aliphatic hydroxyl groups is 1. The van der Waals surface area contributed by atoms with Gasteiger partial charge in [0.25, 0.3) is 0 Å². The molecule has 1 saturated heterocycles. The molecule has 1 aliphatic heterocycles. The Kier molecular flexibility index (Phi) is 8.63. The SMILES string of the molecule is COC(=O)[C@@H]1[C@H](C(=O)OC)[C@H](c2ccc(OC)cc2)N([C@@H](c2ccccc2)[C@H](O)c2ccccc2)[C@@H]1C(=O)O. The molecule has 0 aromatic heterocycles. The number of ether oxygens (including phenoxy) is 3. The Morgan fingerprint density at radius 2 is 1.26 bits per heavy atom. The Balaban J connectivity index is 2.02. The zero-order valence-electron chi connectivity index (χ0n) is 21.8. The van der Waals surface area contributed by atoms with E-state index >= 15 is 0 Å². The average Bonchev–Trinajstić information content (AvgIpc) is 3.33. The van der Waals surface area contributed by atoms with E-state index in [2.05, 4.69) is 0 Å². The summed E-state index contributed by atoms with van der Waals surface area (Å²) >= 11 is 0. The van der Waals surface area contributed by atoms with Gasteiger partial charge in [-0.1, -0.05) is 72.8 Å². The predicted octanol–water partition coefficient (Wildman–Crippen LogP) is 3.56. The van der Waals surface area contributed by atoms with E-state index < -0.39 is 54.0 Å². The Bertz CT molecular complexity index is 1280. The summed E-state index contributed by atoms with van der Waals surface area (Å²) in [5, 5.41) is 22.4. The minimum absolute atomic E-state index is 0.542. The predicted molar refractivity (Wildman–Crippen MR) is 141 cm³/mol. The summed E-state index contributed by atoms with van der Waals surface area (Å²) in [6.45, 7) is 0. The van der Waals surface area contributed by atoms with Gasteiger partial charge in [-0.3, -0.25) is 19.3 Å². The van der Waals surface area contributed by atoms with Gasteiger partial charge in [0.05, 0.1) is 51.4 Å². The number of carbonyl (C=O) groups is 3. The number of carboxylic acids is 1. The highest BCUT2D eigenvalue weighted by Gasteiger charge is 2.62. The number of aliphatic carboxylic acids is 1. The maximum absolute atomic E-state index is 13.3. The molecule has 1 fully saturated rings. The summed E-state index contributed by atoms with van der Waals surface area (Å²) in [6, 6.07) is 21.1. The minimum Gasteiger partial charge on any atom is -0.497 e. The molecule has 2 N–H and O–H groups in total. The van der Waals surface area contributed by atoms with Crippen LogP contribution in [0.5, 0.6) is 5.75 Å². The lowest BCUT2D eigenvalue weighted by molar-refractivity contribution is -0.160. The van der Waals surface area contributed by atoms with Crippen LogP contribution in [0.4, 0.5) is 0 Å². The lowest BCUT2D eigenvalue weighted by Crippen LogP contribution is -2.46. The van der Waals surface area contributed by atoms with Gasteiger partial charge in [-0.15, -0.1) is 0 Å². The highest BCUT2D eigenvalue weighted by Crippen LogP contribution is 2.53. The number of carbonyl (C=O) groups excluding carboxylic acids is 2. The van der Waals surface area contributed by atoms with Crippen LogP contribution in [-0.2, 0) is 23.9 Å². The summed E-state index contributed by atoms with van der Waals surface area (Å²) in [7, 11) is 3.85. The number of methoxy groups -OCH3 is 3. The molecule has 0 unspecified atom stereocenters. The molecule has 0 amide bonds. The van der Waals surface area contributed by atoms with Gasteiger partial charge >= 0.3 is 17.9 Å². The topological polar surface area (TPSA) is 123 Å². The van der Waals surface area contributed by atoms with E-state index in [-0.39, 0.29) is 0 Å². The summed E-state index contributed by atoms with van der Waals surface area (Å²) < 4.78 is 15.4. The molecule has 9 nitrogen and oxygen atoms in total. The molecular weight excluding hydrogens is 502 g/mol. The second-order valence-electron chi connectivity index (χ2n) is 9.26. The Morgan fingerprint density at radius 1 is 0.744 bits per heavy atom. The summed E-state index contributed by atoms with van der Waals surface area (Å²) in [4.78, 5) is 41.0. The second kappa shape index (κ2) is 12.1. The molecule has 1 aliphatic rings. The molecule has 3 aromatic rings. The molecular formula is C30H31NO8. The maximum Gasteiger partial charge on any atom is 0.321 e. The first kappa shape index (κ1) is 27.8. The molecule has 0 saturated carbocycles. The first-order chi connectivity index (χ1) is 18.8. The van der Waals surface area contributed by atoms with Crippen molar-refractivity contribution in [2.24, 2.45) is 11.8 Å². The van der Waals surface area contributed by atoms with Gasteiger partial charge in [-0.2, -0.15) is 0 Å². The molecule has 0 bridgehead atoms. The van der Waals surface area contributed by atoms with E-state index in [0.717, 1.165) is 7.11 Å². The van der Waals surface area contributed by atoms with Crippen LogP contribution in [0.2, 0.25) is 0 Å². The van der Waals surface area contributed by atoms with E-state index in [1.165, 1.54) is 14.2 Å². The minimum atomic E-state index is -1.53. The number of likely N-dealkylation sites (tertiary alicyclic amines) is 1. The van der Waals surface area contributed by atoms with Crippen molar-refractivity contribution >= 4 is 17.9 Å². The van der Waals surface area contributed by atoms with Gasteiger partial charge in [0.15, 0.2) is 0 Å². The van der Waals surface area contributed by atoms with Crippen LogP contribution < -0.4 is 4.74 Å². The fourth-order valence-electron chi connectivity index (χ4n) is 5.57. The summed E-state index contributed by atoms with van der Waals surface area (Å²) in [5.41, 5.74) is 1.69. The molecule has 0 radical (unpaired) electrons. The number of carboxylic acid groups (broad SMARTS) is 1. The molecule has 39 heavy (non-hydrogen) atoms. The van der Waals surface area contributed by atoms with Crippen molar-refractivity contribution in [1.82, 2.24) is 4.90 Å². The average molecular weight is 534 g/mol. The highest BCUT2D eigenvalue weighted by molar-refractivity contribution is 5.90. The molecule has 0 spiro atoms. The van der Waals surface area contributed by atoms with E-state index in [0.29, 0.717) is 22.4 Å². The van der Waals surface area contributed by atoms with Crippen LogP contribution in [-0.4, -0.2) is 60.4 Å². The molecule has 1 heterocycles. The van der Waals surface area contributed by atoms with E-state index in [4.69, 9.17) is 14.2 Å². The van der Waals surface area contributed by atoms with E-state index in [9.17, 15) is 24.6 Å². The number of nitrogens with zero attached hydrogens (tertiary/aromatic N) is 1. The summed E-state index contributed by atoms with van der Waals surface area (Å²) in [6.07, 6.45) is -1.22. The van der Waals surface area contributed by atoms with Crippen molar-refractivity contribution in [3.63, 3.8) is 0 Å². The number of aliphatic hydroxyl groups excluding tert-OH is 1. The number of esters is 2. The normalized spacial score (nSPS) is 22.5. The first-order valence-electron chi connectivity index (χ1n) is 12.4. The maximum atomic E-state index is 13.3. The smallest absolute Gasteiger partial charge is 0.321 e. The van der Waals surface area contributed by atoms with Crippen molar-refractivity contribution < 1.29 is 38.8 Å². The molecule has 204 valence electrons. The second-order valence-corrected chi connectivity index (χ2v) is 9.26. The lowest BCUT2D eigenvalue weighted by Gasteiger charge is -2.39. The van der Waals surface area contributed by atoms with E-state index in [1.54, 1.807) is 77.7 Å². The quantitative estimate of drug-likeness (QED) is 0.398. The van der Waals surface area contributed by atoms with Crippen molar-refractivity contribution in [1.29, 1.82) is 0 Å². The van der Waals surface area contributed by atoms with Gasteiger partial charge in [0, 0.05) is 0 Å². The number of hydrogen-bond acceptors (Lipinski definition) is 8. The standard InChI is InChI=1S/C30H31NO8/c1-37-21-16-14-19(15-17-21)24-22(29(35)38-2)23(30(36)39-3)26(28(33)34)31(24)25(18-10-6-4-7-11-18)27(32)20-12-8-5-9-13-20/h4-17,22-27,32H,1-3H3,(H,33,34)/t22-,23+,24-,25-,26-,27+/m0/s1. The van der Waals surface area contributed by atoms with Crippen LogP contribution in [0.15, 0.2) is 84.9 Å². The van der Waals surface area contributed by atoms with Crippen LogP contribution in [0.1, 0.15) is 34.9 Å². The van der Waals surface area contributed by atoms with Gasteiger partial charge in [-0.25, -0.2) is 0 Å². The van der Waals surface area contributed by atoms with Gasteiger partial charge in [0.2, 0.25) is 0 Å². The van der Waals surface area contributed by atoms with Crippen LogP contribution >= 0.6 is 0 Å². The van der Waals surface area contributed by atoms with Crippen LogP contribution in [0.3, 0.4) is 0 Å². The summed E-state index contributed by atoms with van der Waals surface area (Å²) in [5.74, 6) is -5.06. The van der Waals surface area contributed by atoms with Crippen molar-refractivity contribution in [2.45, 2.75) is 24.2 Å². The monoisotopic (exact) mass is 533 g/mol. The largest absolute Gasteiger partial charge is 0.497 e. The van der Waals surface area contributed by atoms with Crippen molar-refractivity contribution in [3.05, 3.63) is 102 Å². The molecule has 6 atom stereocenters. The third kappa shape index (κ3) is 5.36. The van der Waals surface area contributed by atoms with Gasteiger partial charge in [0.1, 0.15) is 11.8 Å². The number of benzene rings is 3. The fourth-order valence-corrected chi connectivity index (χ4v) is 5.57. The van der Waals surface area contributed by atoms with Gasteiger partial charge < -0.3 is 24.4 Å².